The number of carbonyl (C=O) groups is 2. The van der Waals surface area contributed by atoms with Crippen molar-refractivity contribution in [1.29, 1.82) is 0 Å². The van der Waals surface area contributed by atoms with Gasteiger partial charge in [-0.3, -0.25) is 4.79 Å². The number of urea groups is 1. The van der Waals surface area contributed by atoms with Crippen LogP contribution in [0.25, 0.3) is 0 Å². The van der Waals surface area contributed by atoms with Crippen LogP contribution < -0.4 is 5.32 Å². The SMILES string of the molecule is CC1CCC(NC(=O)N2CCCC2CC(=O)O)CC1. The summed E-state index contributed by atoms with van der Waals surface area (Å²) >= 11 is 0. The van der Waals surface area contributed by atoms with Crippen LogP contribution in [0.1, 0.15) is 51.9 Å². The fraction of sp³-hybridized carbons (Fsp3) is 0.857. The Bertz CT molecular complexity index is 338. The molecule has 0 aromatic heterocycles. The smallest absolute Gasteiger partial charge is 0.317 e. The van der Waals surface area contributed by atoms with Crippen molar-refractivity contribution in [2.24, 2.45) is 5.92 Å². The van der Waals surface area contributed by atoms with Crippen LogP contribution in [0.4, 0.5) is 4.79 Å². The van der Waals surface area contributed by atoms with E-state index in [1.807, 2.05) is 0 Å². The summed E-state index contributed by atoms with van der Waals surface area (Å²) in [6.45, 7) is 2.94. The van der Waals surface area contributed by atoms with Gasteiger partial charge in [-0.1, -0.05) is 6.92 Å². The number of rotatable bonds is 3. The number of hydrogen-bond acceptors (Lipinski definition) is 2. The van der Waals surface area contributed by atoms with Crippen LogP contribution in [0.3, 0.4) is 0 Å². The highest BCUT2D eigenvalue weighted by Gasteiger charge is 2.31. The van der Waals surface area contributed by atoms with Crippen molar-refractivity contribution in [3.05, 3.63) is 0 Å². The van der Waals surface area contributed by atoms with E-state index in [0.29, 0.717) is 6.54 Å². The minimum absolute atomic E-state index is 0.0646. The summed E-state index contributed by atoms with van der Waals surface area (Å²) in [6.07, 6.45) is 6.21. The molecule has 2 amide bonds. The van der Waals surface area contributed by atoms with Crippen molar-refractivity contribution in [2.45, 2.75) is 64.0 Å². The number of hydrogen-bond donors (Lipinski definition) is 2. The minimum Gasteiger partial charge on any atom is -0.481 e. The van der Waals surface area contributed by atoms with Crippen LogP contribution in [-0.2, 0) is 4.79 Å². The van der Waals surface area contributed by atoms with E-state index in [9.17, 15) is 9.59 Å². The van der Waals surface area contributed by atoms with Gasteiger partial charge < -0.3 is 15.3 Å². The van der Waals surface area contributed by atoms with E-state index < -0.39 is 5.97 Å². The maximum atomic E-state index is 12.2. The summed E-state index contributed by atoms with van der Waals surface area (Å²) in [6, 6.07) is 0.0816. The predicted octanol–water partition coefficient (Wildman–Crippen LogP) is 2.21. The molecule has 1 saturated carbocycles. The minimum atomic E-state index is -0.823. The number of carboxylic acid groups (broad SMARTS) is 1. The third kappa shape index (κ3) is 3.85. The highest BCUT2D eigenvalue weighted by molar-refractivity contribution is 5.76. The molecule has 1 saturated heterocycles. The van der Waals surface area contributed by atoms with Crippen molar-refractivity contribution >= 4 is 12.0 Å². The molecule has 2 fully saturated rings. The predicted molar refractivity (Wildman–Crippen MR) is 71.9 cm³/mol. The molecule has 1 aliphatic carbocycles. The number of aliphatic carboxylic acids is 1. The molecule has 1 heterocycles. The van der Waals surface area contributed by atoms with E-state index in [0.717, 1.165) is 31.6 Å². The lowest BCUT2D eigenvalue weighted by Gasteiger charge is -2.30. The lowest BCUT2D eigenvalue weighted by atomic mass is 9.87. The average molecular weight is 268 g/mol. The molecule has 0 spiro atoms. The number of carboxylic acids is 1. The van der Waals surface area contributed by atoms with Crippen molar-refractivity contribution in [3.8, 4) is 0 Å². The molecule has 2 N–H and O–H groups in total. The lowest BCUT2D eigenvalue weighted by molar-refractivity contribution is -0.137. The molecule has 19 heavy (non-hydrogen) atoms. The fourth-order valence-corrected chi connectivity index (χ4v) is 3.18. The molecule has 1 aliphatic heterocycles. The Morgan fingerprint density at radius 2 is 1.89 bits per heavy atom. The molecule has 2 rings (SSSR count). The molecule has 1 unspecified atom stereocenters. The molecule has 0 radical (unpaired) electrons. The fourth-order valence-electron chi connectivity index (χ4n) is 3.18. The Hall–Kier alpha value is -1.26. The topological polar surface area (TPSA) is 69.6 Å². The van der Waals surface area contributed by atoms with Crippen LogP contribution >= 0.6 is 0 Å². The van der Waals surface area contributed by atoms with Gasteiger partial charge in [0, 0.05) is 18.6 Å². The summed E-state index contributed by atoms with van der Waals surface area (Å²) in [4.78, 5) is 24.7. The molecule has 0 aromatic rings. The maximum Gasteiger partial charge on any atom is 0.317 e. The van der Waals surface area contributed by atoms with Crippen molar-refractivity contribution in [2.75, 3.05) is 6.54 Å². The van der Waals surface area contributed by atoms with Crippen LogP contribution in [0, 0.1) is 5.92 Å². The molecule has 0 aromatic carbocycles. The number of nitrogens with zero attached hydrogens (tertiary/aromatic N) is 1. The van der Waals surface area contributed by atoms with Crippen molar-refractivity contribution in [3.63, 3.8) is 0 Å². The zero-order chi connectivity index (χ0) is 13.8. The first-order valence-electron chi connectivity index (χ1n) is 7.35. The van der Waals surface area contributed by atoms with E-state index in [2.05, 4.69) is 12.2 Å². The van der Waals surface area contributed by atoms with E-state index in [4.69, 9.17) is 5.11 Å². The quantitative estimate of drug-likeness (QED) is 0.824. The van der Waals surface area contributed by atoms with Gasteiger partial charge in [-0.15, -0.1) is 0 Å². The van der Waals surface area contributed by atoms with Gasteiger partial charge in [0.25, 0.3) is 0 Å². The Balaban J connectivity index is 1.83. The first-order chi connectivity index (χ1) is 9.06. The summed E-state index contributed by atoms with van der Waals surface area (Å²) < 4.78 is 0. The first-order valence-corrected chi connectivity index (χ1v) is 7.35. The lowest BCUT2D eigenvalue weighted by Crippen LogP contribution is -2.48. The van der Waals surface area contributed by atoms with E-state index in [1.165, 1.54) is 12.8 Å². The number of amides is 2. The standard InChI is InChI=1S/C14H24N2O3/c1-10-4-6-11(7-5-10)15-14(19)16-8-2-3-12(16)9-13(17)18/h10-12H,2-9H2,1H3,(H,15,19)(H,17,18). The Morgan fingerprint density at radius 1 is 1.21 bits per heavy atom. The number of nitrogens with one attached hydrogen (secondary N) is 1. The Kier molecular flexibility index (Phi) is 4.66. The molecule has 5 heteroatoms. The van der Waals surface area contributed by atoms with E-state index in [-0.39, 0.29) is 24.5 Å². The Morgan fingerprint density at radius 3 is 2.53 bits per heavy atom. The number of likely N-dealkylation sites (tertiary alicyclic amines) is 1. The van der Waals surface area contributed by atoms with Gasteiger partial charge in [0.2, 0.25) is 0 Å². The van der Waals surface area contributed by atoms with Gasteiger partial charge in [-0.2, -0.15) is 0 Å². The molecular weight excluding hydrogens is 244 g/mol. The molecule has 5 nitrogen and oxygen atoms in total. The molecule has 2 aliphatic rings. The van der Waals surface area contributed by atoms with Crippen LogP contribution in [-0.4, -0.2) is 40.6 Å². The van der Waals surface area contributed by atoms with Gasteiger partial charge in [-0.05, 0) is 44.4 Å². The van der Waals surface area contributed by atoms with E-state index in [1.54, 1.807) is 4.90 Å². The summed E-state index contributed by atoms with van der Waals surface area (Å²) in [5.74, 6) is -0.0594. The second-order valence-electron chi connectivity index (χ2n) is 5.99. The second-order valence-corrected chi connectivity index (χ2v) is 5.99. The molecule has 1 atom stereocenters. The molecule has 108 valence electrons. The second kappa shape index (κ2) is 6.26. The maximum absolute atomic E-state index is 12.2. The normalized spacial score (nSPS) is 31.2. The van der Waals surface area contributed by atoms with Gasteiger partial charge in [0.1, 0.15) is 0 Å². The highest BCUT2D eigenvalue weighted by Crippen LogP contribution is 2.25. The third-order valence-corrected chi connectivity index (χ3v) is 4.39. The van der Waals surface area contributed by atoms with Gasteiger partial charge in [0.15, 0.2) is 0 Å². The zero-order valence-electron chi connectivity index (χ0n) is 11.6. The van der Waals surface area contributed by atoms with Gasteiger partial charge in [-0.25, -0.2) is 4.79 Å². The van der Waals surface area contributed by atoms with Crippen molar-refractivity contribution < 1.29 is 14.7 Å². The average Bonchev–Trinajstić information content (AvgIpc) is 2.79. The third-order valence-electron chi connectivity index (χ3n) is 4.39. The van der Waals surface area contributed by atoms with E-state index >= 15 is 0 Å². The first kappa shape index (κ1) is 14.2. The van der Waals surface area contributed by atoms with Crippen molar-refractivity contribution in [1.82, 2.24) is 10.2 Å². The van der Waals surface area contributed by atoms with Gasteiger partial charge >= 0.3 is 12.0 Å². The van der Waals surface area contributed by atoms with Crippen LogP contribution in [0.15, 0.2) is 0 Å². The molecule has 0 bridgehead atoms. The van der Waals surface area contributed by atoms with Gasteiger partial charge in [0.05, 0.1) is 6.42 Å². The summed E-state index contributed by atoms with van der Waals surface area (Å²) in [5, 5.41) is 11.9. The summed E-state index contributed by atoms with van der Waals surface area (Å²) in [7, 11) is 0. The monoisotopic (exact) mass is 268 g/mol. The highest BCUT2D eigenvalue weighted by atomic mass is 16.4. The van der Waals surface area contributed by atoms with Crippen LogP contribution in [0.2, 0.25) is 0 Å². The zero-order valence-corrected chi connectivity index (χ0v) is 11.6. The largest absolute Gasteiger partial charge is 0.481 e. The Labute approximate surface area is 114 Å². The van der Waals surface area contributed by atoms with Crippen LogP contribution in [0.5, 0.6) is 0 Å². The summed E-state index contributed by atoms with van der Waals surface area (Å²) in [5.41, 5.74) is 0. The molecular formula is C14H24N2O3. The number of carbonyl (C=O) groups excluding carboxylic acids is 1.